The molecule has 0 aromatic heterocycles. The molecule has 2 atom stereocenters. The summed E-state index contributed by atoms with van der Waals surface area (Å²) in [5.41, 5.74) is 5.68. The number of nitrogens with two attached hydrogens (primary N) is 1. The van der Waals surface area contributed by atoms with E-state index in [4.69, 9.17) is 5.73 Å². The Bertz CT molecular complexity index is 499. The van der Waals surface area contributed by atoms with Crippen LogP contribution in [0.5, 0.6) is 0 Å². The highest BCUT2D eigenvalue weighted by Gasteiger charge is 2.24. The molecule has 18 heavy (non-hydrogen) atoms. The second-order valence-electron chi connectivity index (χ2n) is 4.19. The number of hydrogen-bond acceptors (Lipinski definition) is 4. The SMILES string of the molecule is CCC(C)[C@H](N)C(=O)NS(=O)(=O)c1ccccc1. The van der Waals surface area contributed by atoms with Crippen LogP contribution in [-0.4, -0.2) is 20.4 Å². The lowest BCUT2D eigenvalue weighted by atomic mass is 10.00. The van der Waals surface area contributed by atoms with Gasteiger partial charge in [0.15, 0.2) is 0 Å². The van der Waals surface area contributed by atoms with Crippen LogP contribution in [0.2, 0.25) is 0 Å². The van der Waals surface area contributed by atoms with Gasteiger partial charge in [-0.05, 0) is 18.1 Å². The Hall–Kier alpha value is -1.40. The first-order valence-corrected chi connectivity index (χ1v) is 7.24. The average molecular weight is 270 g/mol. The van der Waals surface area contributed by atoms with Crippen molar-refractivity contribution in [1.29, 1.82) is 0 Å². The molecule has 1 unspecified atom stereocenters. The lowest BCUT2D eigenvalue weighted by Crippen LogP contribution is -2.46. The Morgan fingerprint density at radius 1 is 1.33 bits per heavy atom. The molecule has 0 radical (unpaired) electrons. The van der Waals surface area contributed by atoms with Crippen molar-refractivity contribution in [3.05, 3.63) is 30.3 Å². The molecule has 100 valence electrons. The van der Waals surface area contributed by atoms with Gasteiger partial charge in [-0.15, -0.1) is 0 Å². The molecule has 5 nitrogen and oxygen atoms in total. The molecule has 0 fully saturated rings. The molecular formula is C12H18N2O3S. The van der Waals surface area contributed by atoms with Crippen LogP contribution in [0.1, 0.15) is 20.3 Å². The number of nitrogens with one attached hydrogen (secondary N) is 1. The van der Waals surface area contributed by atoms with E-state index in [2.05, 4.69) is 0 Å². The predicted molar refractivity (Wildman–Crippen MR) is 69.2 cm³/mol. The van der Waals surface area contributed by atoms with Crippen molar-refractivity contribution < 1.29 is 13.2 Å². The van der Waals surface area contributed by atoms with E-state index in [-0.39, 0.29) is 10.8 Å². The molecule has 1 rings (SSSR count). The number of carbonyl (C=O) groups is 1. The predicted octanol–water partition coefficient (Wildman–Crippen LogP) is 0.865. The van der Waals surface area contributed by atoms with Gasteiger partial charge in [-0.3, -0.25) is 4.79 Å². The number of amides is 1. The van der Waals surface area contributed by atoms with Crippen molar-refractivity contribution in [3.8, 4) is 0 Å². The van der Waals surface area contributed by atoms with Gasteiger partial charge in [-0.2, -0.15) is 0 Å². The van der Waals surface area contributed by atoms with E-state index in [9.17, 15) is 13.2 Å². The van der Waals surface area contributed by atoms with Crippen LogP contribution < -0.4 is 10.5 Å². The van der Waals surface area contributed by atoms with E-state index in [1.165, 1.54) is 12.1 Å². The zero-order valence-electron chi connectivity index (χ0n) is 10.5. The Labute approximate surface area is 107 Å². The van der Waals surface area contributed by atoms with Gasteiger partial charge in [0, 0.05) is 0 Å². The van der Waals surface area contributed by atoms with Gasteiger partial charge in [-0.25, -0.2) is 13.1 Å². The van der Waals surface area contributed by atoms with Gasteiger partial charge >= 0.3 is 0 Å². The molecule has 1 aromatic carbocycles. The summed E-state index contributed by atoms with van der Waals surface area (Å²) in [4.78, 5) is 11.8. The van der Waals surface area contributed by atoms with E-state index < -0.39 is 22.0 Å². The van der Waals surface area contributed by atoms with Gasteiger partial charge in [0.2, 0.25) is 0 Å². The summed E-state index contributed by atoms with van der Waals surface area (Å²) >= 11 is 0. The molecule has 0 bridgehead atoms. The number of rotatable bonds is 5. The number of hydrogen-bond donors (Lipinski definition) is 2. The molecule has 0 saturated heterocycles. The third-order valence-electron chi connectivity index (χ3n) is 2.85. The minimum absolute atomic E-state index is 0.0506. The monoisotopic (exact) mass is 270 g/mol. The van der Waals surface area contributed by atoms with Crippen LogP contribution >= 0.6 is 0 Å². The highest BCUT2D eigenvalue weighted by molar-refractivity contribution is 7.90. The van der Waals surface area contributed by atoms with Crippen molar-refractivity contribution >= 4 is 15.9 Å². The van der Waals surface area contributed by atoms with Gasteiger partial charge in [0.05, 0.1) is 10.9 Å². The van der Waals surface area contributed by atoms with Crippen LogP contribution in [-0.2, 0) is 14.8 Å². The molecule has 0 aliphatic heterocycles. The Kier molecular flexibility index (Phi) is 4.86. The first-order valence-electron chi connectivity index (χ1n) is 5.75. The maximum absolute atomic E-state index is 11.9. The first kappa shape index (κ1) is 14.7. The Balaban J connectivity index is 2.82. The number of carbonyl (C=O) groups excluding carboxylic acids is 1. The van der Waals surface area contributed by atoms with Crippen LogP contribution in [0, 0.1) is 5.92 Å². The molecule has 0 aliphatic carbocycles. The van der Waals surface area contributed by atoms with E-state index in [0.717, 1.165) is 0 Å². The first-order chi connectivity index (χ1) is 8.38. The molecular weight excluding hydrogens is 252 g/mol. The molecule has 1 aromatic rings. The summed E-state index contributed by atoms with van der Waals surface area (Å²) in [5, 5.41) is 0. The Morgan fingerprint density at radius 2 is 1.89 bits per heavy atom. The highest BCUT2D eigenvalue weighted by Crippen LogP contribution is 2.09. The van der Waals surface area contributed by atoms with E-state index >= 15 is 0 Å². The van der Waals surface area contributed by atoms with E-state index in [0.29, 0.717) is 6.42 Å². The van der Waals surface area contributed by atoms with Gasteiger partial charge < -0.3 is 5.73 Å². The van der Waals surface area contributed by atoms with Crippen LogP contribution in [0.3, 0.4) is 0 Å². The molecule has 6 heteroatoms. The third kappa shape index (κ3) is 3.54. The van der Waals surface area contributed by atoms with Crippen molar-refractivity contribution in [2.24, 2.45) is 11.7 Å². The highest BCUT2D eigenvalue weighted by atomic mass is 32.2. The largest absolute Gasteiger partial charge is 0.320 e. The number of sulfonamides is 1. The Morgan fingerprint density at radius 3 is 2.39 bits per heavy atom. The molecule has 0 heterocycles. The summed E-state index contributed by atoms with van der Waals surface area (Å²) in [5.74, 6) is -0.746. The second-order valence-corrected chi connectivity index (χ2v) is 5.88. The normalized spacial score (nSPS) is 14.8. The summed E-state index contributed by atoms with van der Waals surface area (Å²) in [6, 6.07) is 6.90. The molecule has 0 aliphatic rings. The summed E-state index contributed by atoms with van der Waals surface area (Å²) in [6.07, 6.45) is 0.708. The zero-order chi connectivity index (χ0) is 13.8. The van der Waals surface area contributed by atoms with Crippen LogP contribution in [0.4, 0.5) is 0 Å². The third-order valence-corrected chi connectivity index (χ3v) is 4.21. The maximum Gasteiger partial charge on any atom is 0.264 e. The van der Waals surface area contributed by atoms with Gasteiger partial charge in [0.1, 0.15) is 0 Å². The van der Waals surface area contributed by atoms with Crippen molar-refractivity contribution in [2.45, 2.75) is 31.2 Å². The average Bonchev–Trinajstić information content (AvgIpc) is 2.37. The molecule has 0 spiro atoms. The topological polar surface area (TPSA) is 89.3 Å². The molecule has 1 amide bonds. The lowest BCUT2D eigenvalue weighted by molar-refractivity contribution is -0.121. The molecule has 3 N–H and O–H groups in total. The quantitative estimate of drug-likeness (QED) is 0.830. The second kappa shape index (κ2) is 5.97. The fourth-order valence-corrected chi connectivity index (χ4v) is 2.41. The fraction of sp³-hybridized carbons (Fsp3) is 0.417. The van der Waals surface area contributed by atoms with Crippen molar-refractivity contribution in [1.82, 2.24) is 4.72 Å². The minimum Gasteiger partial charge on any atom is -0.320 e. The van der Waals surface area contributed by atoms with E-state index in [1.54, 1.807) is 25.1 Å². The van der Waals surface area contributed by atoms with Gasteiger partial charge in [-0.1, -0.05) is 38.5 Å². The smallest absolute Gasteiger partial charge is 0.264 e. The van der Waals surface area contributed by atoms with Crippen molar-refractivity contribution in [3.63, 3.8) is 0 Å². The van der Waals surface area contributed by atoms with Crippen LogP contribution in [0.25, 0.3) is 0 Å². The van der Waals surface area contributed by atoms with Crippen LogP contribution in [0.15, 0.2) is 35.2 Å². The standard InChI is InChI=1S/C12H18N2O3S/c1-3-9(2)11(13)12(15)14-18(16,17)10-7-5-4-6-8-10/h4-9,11H,3,13H2,1-2H3,(H,14,15)/t9?,11-/m0/s1. The van der Waals surface area contributed by atoms with Crippen molar-refractivity contribution in [2.75, 3.05) is 0 Å². The lowest BCUT2D eigenvalue weighted by Gasteiger charge is -2.17. The minimum atomic E-state index is -3.83. The fourth-order valence-electron chi connectivity index (χ4n) is 1.37. The number of benzene rings is 1. The van der Waals surface area contributed by atoms with E-state index in [1.807, 2.05) is 11.6 Å². The van der Waals surface area contributed by atoms with Gasteiger partial charge in [0.25, 0.3) is 15.9 Å². The maximum atomic E-state index is 11.9. The zero-order valence-corrected chi connectivity index (χ0v) is 11.3. The summed E-state index contributed by atoms with van der Waals surface area (Å²) < 4.78 is 25.7. The molecule has 0 saturated carbocycles. The summed E-state index contributed by atoms with van der Waals surface area (Å²) in [6.45, 7) is 3.70. The summed E-state index contributed by atoms with van der Waals surface area (Å²) in [7, 11) is -3.83.